The Morgan fingerprint density at radius 2 is 2.18 bits per heavy atom. The lowest BCUT2D eigenvalue weighted by Crippen LogP contribution is -2.44. The molecule has 0 fully saturated rings. The third-order valence-corrected chi connectivity index (χ3v) is 3.74. The summed E-state index contributed by atoms with van der Waals surface area (Å²) in [4.78, 5) is 27.9. The van der Waals surface area contributed by atoms with Crippen LogP contribution in [0.15, 0.2) is 41.4 Å². The maximum absolute atomic E-state index is 12.4. The highest BCUT2D eigenvalue weighted by atomic mass is 35.5. The number of benzene rings is 1. The first-order chi connectivity index (χ1) is 10.5. The van der Waals surface area contributed by atoms with Gasteiger partial charge in [0.2, 0.25) is 0 Å². The monoisotopic (exact) mass is 320 g/mol. The van der Waals surface area contributed by atoms with E-state index in [1.165, 1.54) is 0 Å². The number of halogens is 1. The molecule has 0 spiro atoms. The first-order valence-corrected chi connectivity index (χ1v) is 7.30. The molecule has 2 atom stereocenters. The summed E-state index contributed by atoms with van der Waals surface area (Å²) in [5, 5.41) is 3.18. The molecule has 22 heavy (non-hydrogen) atoms. The lowest BCUT2D eigenvalue weighted by atomic mass is 9.88. The smallest absolute Gasteiger partial charge is 0.341 e. The molecule has 1 heterocycles. The molecule has 0 bridgehead atoms. The molecule has 116 valence electrons. The molecule has 5 nitrogen and oxygen atoms in total. The van der Waals surface area contributed by atoms with Gasteiger partial charge in [-0.1, -0.05) is 42.0 Å². The van der Waals surface area contributed by atoms with Crippen LogP contribution >= 0.6 is 11.6 Å². The number of hydrogen-bond acceptors (Lipinski definition) is 3. The molecule has 1 aromatic carbocycles. The van der Waals surface area contributed by atoms with Crippen molar-refractivity contribution in [3.63, 3.8) is 0 Å². The van der Waals surface area contributed by atoms with Gasteiger partial charge in [0, 0.05) is 10.7 Å². The van der Waals surface area contributed by atoms with Crippen molar-refractivity contribution in [1.82, 2.24) is 5.32 Å². The predicted molar refractivity (Wildman–Crippen MR) is 85.1 cm³/mol. The summed E-state index contributed by atoms with van der Waals surface area (Å²) in [6.07, 6.45) is 3.53. The van der Waals surface area contributed by atoms with Crippen LogP contribution in [0.4, 0.5) is 4.79 Å². The molecule has 1 aliphatic rings. The van der Waals surface area contributed by atoms with Crippen LogP contribution in [0.25, 0.3) is 0 Å². The summed E-state index contributed by atoms with van der Waals surface area (Å²) in [5.41, 5.74) is 1.08. The zero-order valence-electron chi connectivity index (χ0n) is 12.4. The van der Waals surface area contributed by atoms with Gasteiger partial charge in [-0.2, -0.15) is 0 Å². The number of ether oxygens (including phenoxy) is 1. The highest BCUT2D eigenvalue weighted by molar-refractivity contribution is 6.31. The third-order valence-electron chi connectivity index (χ3n) is 3.39. The van der Waals surface area contributed by atoms with E-state index < -0.39 is 24.0 Å². The number of nitrogens with zero attached hydrogens (tertiary/aromatic N) is 1. The minimum Gasteiger partial charge on any atom is -0.461 e. The van der Waals surface area contributed by atoms with E-state index in [-0.39, 0.29) is 6.61 Å². The zero-order chi connectivity index (χ0) is 16.1. The van der Waals surface area contributed by atoms with E-state index >= 15 is 0 Å². The first kappa shape index (κ1) is 16.2. The summed E-state index contributed by atoms with van der Waals surface area (Å²) >= 11 is 6.20. The van der Waals surface area contributed by atoms with Crippen LogP contribution in [0.2, 0.25) is 5.02 Å². The van der Waals surface area contributed by atoms with Crippen molar-refractivity contribution in [3.05, 3.63) is 47.0 Å². The Morgan fingerprint density at radius 3 is 2.86 bits per heavy atom. The second-order valence-electron chi connectivity index (χ2n) is 4.88. The minimum atomic E-state index is -0.692. The largest absolute Gasteiger partial charge is 0.461 e. The molecule has 0 aromatic heterocycles. The molecule has 1 aromatic rings. The molecule has 0 saturated heterocycles. The standard InChI is InChI=1S/C16H17ClN2O3/c1-3-4-9-22-15(20)13-10(2)18-16(21)19-14(13)11-7-5-6-8-12(11)17/h3-8,13-14H,9H2,1-2H3,(H,19,21). The Bertz CT molecular complexity index is 640. The van der Waals surface area contributed by atoms with Gasteiger partial charge < -0.3 is 10.1 Å². The first-order valence-electron chi connectivity index (χ1n) is 6.92. The Hall–Kier alpha value is -2.14. The summed E-state index contributed by atoms with van der Waals surface area (Å²) in [6, 6.07) is 6.01. The van der Waals surface area contributed by atoms with Gasteiger partial charge in [0.25, 0.3) is 0 Å². The van der Waals surface area contributed by atoms with E-state index in [4.69, 9.17) is 16.3 Å². The molecule has 0 saturated carbocycles. The van der Waals surface area contributed by atoms with Gasteiger partial charge in [-0.25, -0.2) is 9.79 Å². The maximum atomic E-state index is 12.4. The summed E-state index contributed by atoms with van der Waals surface area (Å²) in [5.74, 6) is -1.13. The van der Waals surface area contributed by atoms with Gasteiger partial charge in [0.05, 0.1) is 6.04 Å². The van der Waals surface area contributed by atoms with E-state index in [2.05, 4.69) is 10.3 Å². The van der Waals surface area contributed by atoms with Crippen molar-refractivity contribution in [1.29, 1.82) is 0 Å². The number of allylic oxidation sites excluding steroid dienone is 1. The van der Waals surface area contributed by atoms with Gasteiger partial charge >= 0.3 is 12.0 Å². The normalized spacial score (nSPS) is 21.4. The Labute approximate surface area is 134 Å². The number of carbonyl (C=O) groups is 2. The van der Waals surface area contributed by atoms with E-state index in [1.807, 2.05) is 6.92 Å². The lowest BCUT2D eigenvalue weighted by Gasteiger charge is -2.30. The average Bonchev–Trinajstić information content (AvgIpc) is 2.47. The third kappa shape index (κ3) is 3.54. The van der Waals surface area contributed by atoms with Crippen LogP contribution in [0.5, 0.6) is 0 Å². The molecule has 0 aliphatic carbocycles. The number of carbonyl (C=O) groups excluding carboxylic acids is 2. The van der Waals surface area contributed by atoms with Crippen molar-refractivity contribution in [2.75, 3.05) is 6.61 Å². The molecule has 2 amide bonds. The lowest BCUT2D eigenvalue weighted by molar-refractivity contribution is -0.145. The van der Waals surface area contributed by atoms with E-state index in [0.29, 0.717) is 16.3 Å². The quantitative estimate of drug-likeness (QED) is 0.683. The Balaban J connectivity index is 2.33. The van der Waals surface area contributed by atoms with Gasteiger partial charge in [-0.05, 0) is 25.5 Å². The molecule has 6 heteroatoms. The molecule has 0 radical (unpaired) electrons. The Kier molecular flexibility index (Phi) is 5.33. The van der Waals surface area contributed by atoms with Crippen molar-refractivity contribution in [2.45, 2.75) is 19.9 Å². The maximum Gasteiger partial charge on any atom is 0.341 e. The van der Waals surface area contributed by atoms with Crippen LogP contribution < -0.4 is 5.32 Å². The molecular weight excluding hydrogens is 304 g/mol. The van der Waals surface area contributed by atoms with Crippen molar-refractivity contribution >= 4 is 29.3 Å². The SMILES string of the molecule is CC=CCOC(=O)C1C(C)=NC(=O)NC1c1ccccc1Cl. The second kappa shape index (κ2) is 7.22. The van der Waals surface area contributed by atoms with Crippen LogP contribution in [-0.2, 0) is 9.53 Å². The average molecular weight is 321 g/mol. The van der Waals surface area contributed by atoms with E-state index in [1.54, 1.807) is 43.3 Å². The number of hydrogen-bond donors (Lipinski definition) is 1. The summed E-state index contributed by atoms with van der Waals surface area (Å²) in [7, 11) is 0. The fourth-order valence-corrected chi connectivity index (χ4v) is 2.58. The van der Waals surface area contributed by atoms with Crippen molar-refractivity contribution < 1.29 is 14.3 Å². The highest BCUT2D eigenvalue weighted by Crippen LogP contribution is 2.32. The van der Waals surface area contributed by atoms with Crippen LogP contribution in [0.3, 0.4) is 0 Å². The van der Waals surface area contributed by atoms with Crippen LogP contribution in [0, 0.1) is 5.92 Å². The second-order valence-corrected chi connectivity index (χ2v) is 5.29. The molecule has 1 aliphatic heterocycles. The number of urea groups is 1. The van der Waals surface area contributed by atoms with E-state index in [9.17, 15) is 9.59 Å². The fraction of sp³-hybridized carbons (Fsp3) is 0.312. The van der Waals surface area contributed by atoms with Crippen LogP contribution in [-0.4, -0.2) is 24.3 Å². The molecule has 2 rings (SSSR count). The zero-order valence-corrected chi connectivity index (χ0v) is 13.1. The molecule has 2 unspecified atom stereocenters. The topological polar surface area (TPSA) is 67.8 Å². The number of aliphatic imine (C=N–C) groups is 1. The van der Waals surface area contributed by atoms with Gasteiger partial charge in [0.1, 0.15) is 12.5 Å². The minimum absolute atomic E-state index is 0.183. The van der Waals surface area contributed by atoms with Crippen molar-refractivity contribution in [3.8, 4) is 0 Å². The molecule has 1 N–H and O–H groups in total. The number of amides is 2. The predicted octanol–water partition coefficient (Wildman–Crippen LogP) is 3.30. The van der Waals surface area contributed by atoms with Crippen molar-refractivity contribution in [2.24, 2.45) is 10.9 Å². The highest BCUT2D eigenvalue weighted by Gasteiger charge is 2.38. The van der Waals surface area contributed by atoms with E-state index in [0.717, 1.165) is 0 Å². The summed E-state index contributed by atoms with van der Waals surface area (Å²) in [6.45, 7) is 3.67. The van der Waals surface area contributed by atoms with Gasteiger partial charge in [-0.3, -0.25) is 4.79 Å². The fourth-order valence-electron chi connectivity index (χ4n) is 2.33. The van der Waals surface area contributed by atoms with Crippen LogP contribution in [0.1, 0.15) is 25.5 Å². The number of rotatable bonds is 4. The Morgan fingerprint density at radius 1 is 1.45 bits per heavy atom. The van der Waals surface area contributed by atoms with Gasteiger partial charge in [0.15, 0.2) is 0 Å². The number of esters is 1. The van der Waals surface area contributed by atoms with Gasteiger partial charge in [-0.15, -0.1) is 0 Å². The molecular formula is C16H17ClN2O3. The summed E-state index contributed by atoms with van der Waals surface area (Å²) < 4.78 is 5.22. The number of nitrogens with one attached hydrogen (secondary N) is 1.